The summed E-state index contributed by atoms with van der Waals surface area (Å²) in [5, 5.41) is 7.23. The SMILES string of the molecule is Cc1cnc(NC[C@H](CN(C)C)c2ccccc2)c(=O)n1CC(=O)NCc1ccc2[nH]ccc2c1. The number of hydrogen-bond donors (Lipinski definition) is 3. The van der Waals surface area contributed by atoms with Crippen LogP contribution in [0.1, 0.15) is 22.7 Å². The normalized spacial score (nSPS) is 12.1. The zero-order chi connectivity index (χ0) is 24.8. The largest absolute Gasteiger partial charge is 0.365 e. The van der Waals surface area contributed by atoms with Crippen LogP contribution >= 0.6 is 0 Å². The number of carbonyl (C=O) groups is 1. The van der Waals surface area contributed by atoms with Gasteiger partial charge in [0.1, 0.15) is 6.54 Å². The summed E-state index contributed by atoms with van der Waals surface area (Å²) < 4.78 is 1.46. The van der Waals surface area contributed by atoms with Crippen LogP contribution in [0.3, 0.4) is 0 Å². The number of amides is 1. The average Bonchev–Trinajstić information content (AvgIpc) is 3.32. The molecule has 0 aliphatic carbocycles. The van der Waals surface area contributed by atoms with Gasteiger partial charge in [-0.3, -0.25) is 14.2 Å². The Labute approximate surface area is 205 Å². The first kappa shape index (κ1) is 24.2. The topological polar surface area (TPSA) is 95.1 Å². The van der Waals surface area contributed by atoms with E-state index in [4.69, 9.17) is 0 Å². The summed E-state index contributed by atoms with van der Waals surface area (Å²) in [5.41, 5.74) is 3.58. The predicted molar refractivity (Wildman–Crippen MR) is 140 cm³/mol. The fraction of sp³-hybridized carbons (Fsp3) is 0.296. The Hall–Kier alpha value is -3.91. The number of rotatable bonds is 10. The Kier molecular flexibility index (Phi) is 7.62. The highest BCUT2D eigenvalue weighted by Crippen LogP contribution is 2.17. The van der Waals surface area contributed by atoms with Crippen molar-refractivity contribution in [1.29, 1.82) is 0 Å². The summed E-state index contributed by atoms with van der Waals surface area (Å²) in [4.78, 5) is 35.4. The number of fused-ring (bicyclic) bond motifs is 1. The van der Waals surface area contributed by atoms with Crippen molar-refractivity contribution in [3.63, 3.8) is 0 Å². The van der Waals surface area contributed by atoms with Crippen molar-refractivity contribution in [2.75, 3.05) is 32.5 Å². The third-order valence-corrected chi connectivity index (χ3v) is 6.04. The molecular weight excluding hydrogens is 440 g/mol. The van der Waals surface area contributed by atoms with Crippen molar-refractivity contribution in [2.45, 2.75) is 25.9 Å². The standard InChI is InChI=1S/C27H32N6O2/c1-19-14-30-26(31-16-23(17-32(2)3)21-7-5-4-6-8-21)27(35)33(19)18-25(34)29-15-20-9-10-24-22(13-20)11-12-28-24/h4-14,23,28H,15-18H2,1-3H3,(H,29,34)(H,30,31)/t23-/m1/s1. The fourth-order valence-corrected chi connectivity index (χ4v) is 4.18. The van der Waals surface area contributed by atoms with Crippen molar-refractivity contribution >= 4 is 22.6 Å². The van der Waals surface area contributed by atoms with Crippen LogP contribution in [0.5, 0.6) is 0 Å². The average molecular weight is 473 g/mol. The van der Waals surface area contributed by atoms with Gasteiger partial charge in [-0.05, 0) is 55.7 Å². The molecule has 8 nitrogen and oxygen atoms in total. The van der Waals surface area contributed by atoms with Gasteiger partial charge in [0.05, 0.1) is 0 Å². The zero-order valence-electron chi connectivity index (χ0n) is 20.4. The van der Waals surface area contributed by atoms with E-state index in [1.165, 1.54) is 10.1 Å². The van der Waals surface area contributed by atoms with Crippen LogP contribution in [-0.4, -0.2) is 52.5 Å². The molecule has 2 heterocycles. The van der Waals surface area contributed by atoms with Crippen LogP contribution in [-0.2, 0) is 17.9 Å². The Morgan fingerprint density at radius 2 is 1.94 bits per heavy atom. The molecule has 0 radical (unpaired) electrons. The van der Waals surface area contributed by atoms with Gasteiger partial charge in [-0.2, -0.15) is 0 Å². The maximum Gasteiger partial charge on any atom is 0.293 e. The number of hydrogen-bond acceptors (Lipinski definition) is 5. The molecule has 8 heteroatoms. The monoisotopic (exact) mass is 472 g/mol. The molecule has 35 heavy (non-hydrogen) atoms. The molecule has 0 fully saturated rings. The molecule has 1 amide bonds. The quantitative estimate of drug-likeness (QED) is 0.330. The lowest BCUT2D eigenvalue weighted by molar-refractivity contribution is -0.121. The van der Waals surface area contributed by atoms with Gasteiger partial charge in [0, 0.05) is 49.2 Å². The van der Waals surface area contributed by atoms with E-state index >= 15 is 0 Å². The number of nitrogens with zero attached hydrogens (tertiary/aromatic N) is 3. The highest BCUT2D eigenvalue weighted by atomic mass is 16.2. The van der Waals surface area contributed by atoms with Crippen molar-refractivity contribution < 1.29 is 4.79 Å². The van der Waals surface area contributed by atoms with E-state index in [0.29, 0.717) is 18.8 Å². The van der Waals surface area contributed by atoms with Crippen LogP contribution < -0.4 is 16.2 Å². The predicted octanol–water partition coefficient (Wildman–Crippen LogP) is 3.11. The highest BCUT2D eigenvalue weighted by molar-refractivity contribution is 5.80. The van der Waals surface area contributed by atoms with Crippen LogP contribution in [0.15, 0.2) is 71.8 Å². The van der Waals surface area contributed by atoms with E-state index in [1.807, 2.05) is 62.8 Å². The van der Waals surface area contributed by atoms with Crippen molar-refractivity contribution in [3.8, 4) is 0 Å². The number of aryl methyl sites for hydroxylation is 1. The Morgan fingerprint density at radius 1 is 1.14 bits per heavy atom. The van der Waals surface area contributed by atoms with E-state index in [-0.39, 0.29) is 29.7 Å². The first-order valence-corrected chi connectivity index (χ1v) is 11.7. The number of aromatic nitrogens is 3. The van der Waals surface area contributed by atoms with Gasteiger partial charge in [0.2, 0.25) is 5.91 Å². The van der Waals surface area contributed by atoms with Gasteiger partial charge in [-0.25, -0.2) is 4.98 Å². The van der Waals surface area contributed by atoms with Crippen molar-refractivity contribution in [3.05, 3.63) is 94.2 Å². The van der Waals surface area contributed by atoms with Crippen LogP contribution in [0.25, 0.3) is 10.9 Å². The smallest absolute Gasteiger partial charge is 0.293 e. The highest BCUT2D eigenvalue weighted by Gasteiger charge is 2.16. The number of benzene rings is 2. The molecule has 4 aromatic rings. The number of aromatic amines is 1. The third-order valence-electron chi connectivity index (χ3n) is 6.04. The van der Waals surface area contributed by atoms with Crippen LogP contribution in [0.4, 0.5) is 5.82 Å². The molecule has 0 saturated carbocycles. The molecule has 3 N–H and O–H groups in total. The van der Waals surface area contributed by atoms with Gasteiger partial charge in [0.25, 0.3) is 5.56 Å². The number of carbonyl (C=O) groups excluding carboxylic acids is 1. The Balaban J connectivity index is 1.41. The molecule has 0 spiro atoms. The summed E-state index contributed by atoms with van der Waals surface area (Å²) in [7, 11) is 4.06. The molecule has 182 valence electrons. The molecule has 1 atom stereocenters. The summed E-state index contributed by atoms with van der Waals surface area (Å²) in [6.45, 7) is 3.50. The summed E-state index contributed by atoms with van der Waals surface area (Å²) in [6.07, 6.45) is 3.51. The van der Waals surface area contributed by atoms with Gasteiger partial charge in [-0.15, -0.1) is 0 Å². The number of nitrogens with one attached hydrogen (secondary N) is 3. The first-order chi connectivity index (χ1) is 16.9. The fourth-order valence-electron chi connectivity index (χ4n) is 4.18. The minimum absolute atomic E-state index is 0.0614. The molecular formula is C27H32N6O2. The van der Waals surface area contributed by atoms with Gasteiger partial charge < -0.3 is 20.5 Å². The summed E-state index contributed by atoms with van der Waals surface area (Å²) in [5.74, 6) is 0.208. The van der Waals surface area contributed by atoms with E-state index in [1.54, 1.807) is 13.1 Å². The maximum absolute atomic E-state index is 13.1. The van der Waals surface area contributed by atoms with Gasteiger partial charge >= 0.3 is 0 Å². The molecule has 0 saturated heterocycles. The Morgan fingerprint density at radius 3 is 2.71 bits per heavy atom. The maximum atomic E-state index is 13.1. The number of anilines is 1. The lowest BCUT2D eigenvalue weighted by Crippen LogP contribution is -2.35. The van der Waals surface area contributed by atoms with Crippen LogP contribution in [0, 0.1) is 6.92 Å². The zero-order valence-corrected chi connectivity index (χ0v) is 20.4. The van der Waals surface area contributed by atoms with E-state index in [9.17, 15) is 9.59 Å². The first-order valence-electron chi connectivity index (χ1n) is 11.7. The Bertz CT molecular complexity index is 1340. The summed E-state index contributed by atoms with van der Waals surface area (Å²) >= 11 is 0. The second-order valence-electron chi connectivity index (χ2n) is 9.07. The van der Waals surface area contributed by atoms with E-state index in [2.05, 4.69) is 37.6 Å². The molecule has 0 aliphatic heterocycles. The van der Waals surface area contributed by atoms with Crippen LogP contribution in [0.2, 0.25) is 0 Å². The second kappa shape index (κ2) is 11.0. The molecule has 0 aliphatic rings. The van der Waals surface area contributed by atoms with Crippen molar-refractivity contribution in [2.24, 2.45) is 0 Å². The number of likely N-dealkylation sites (N-methyl/N-ethyl adjacent to an activating group) is 1. The number of H-pyrrole nitrogens is 1. The lowest BCUT2D eigenvalue weighted by Gasteiger charge is -2.22. The van der Waals surface area contributed by atoms with Gasteiger partial charge in [0.15, 0.2) is 5.82 Å². The van der Waals surface area contributed by atoms with Gasteiger partial charge in [-0.1, -0.05) is 36.4 Å². The molecule has 0 unspecified atom stereocenters. The molecule has 4 rings (SSSR count). The lowest BCUT2D eigenvalue weighted by atomic mass is 9.98. The summed E-state index contributed by atoms with van der Waals surface area (Å²) in [6, 6.07) is 18.2. The second-order valence-corrected chi connectivity index (χ2v) is 9.07. The molecule has 2 aromatic heterocycles. The minimum Gasteiger partial charge on any atom is -0.365 e. The third kappa shape index (κ3) is 6.16. The van der Waals surface area contributed by atoms with E-state index < -0.39 is 0 Å². The molecule has 0 bridgehead atoms. The van der Waals surface area contributed by atoms with Crippen molar-refractivity contribution in [1.82, 2.24) is 24.8 Å². The van der Waals surface area contributed by atoms with E-state index in [0.717, 1.165) is 23.0 Å². The minimum atomic E-state index is -0.300. The molecule has 2 aromatic carbocycles.